The number of benzene rings is 3. The van der Waals surface area contributed by atoms with Crippen molar-refractivity contribution < 1.29 is 9.47 Å². The second kappa shape index (κ2) is 10.1. The lowest BCUT2D eigenvalue weighted by molar-refractivity contribution is 0.332. The molecule has 0 bridgehead atoms. The van der Waals surface area contributed by atoms with Gasteiger partial charge < -0.3 is 9.47 Å². The summed E-state index contributed by atoms with van der Waals surface area (Å²) in [5, 5.41) is 0. The third kappa shape index (κ3) is 4.50. The molecule has 0 unspecified atom stereocenters. The molecular weight excluding hydrogens is 599 g/mol. The quantitative estimate of drug-likeness (QED) is 0.176. The summed E-state index contributed by atoms with van der Waals surface area (Å²) in [6.07, 6.45) is 8.73. The highest BCUT2D eigenvalue weighted by Gasteiger charge is 2.43. The van der Waals surface area contributed by atoms with Crippen LogP contribution in [-0.2, 0) is 21.7 Å². The van der Waals surface area contributed by atoms with Gasteiger partial charge in [-0.1, -0.05) is 97.9 Å². The van der Waals surface area contributed by atoms with Crippen molar-refractivity contribution in [2.45, 2.75) is 103 Å². The monoisotopic (exact) mass is 644 g/mol. The van der Waals surface area contributed by atoms with Crippen LogP contribution in [0.25, 0.3) is 22.5 Å². The predicted octanol–water partition coefficient (Wildman–Crippen LogP) is 9.24. The number of pyridine rings is 2. The number of aromatic nitrogens is 2. The first-order valence-electron chi connectivity index (χ1n) is 18.0. The molecule has 0 saturated carbocycles. The fourth-order valence-corrected chi connectivity index (χ4v) is 9.39. The number of hydrogen-bond donors (Lipinski definition) is 0. The fraction of sp³-hybridized carbons (Fsp3) is 0.364. The zero-order valence-electron chi connectivity index (χ0n) is 30.1. The van der Waals surface area contributed by atoms with E-state index in [1.807, 2.05) is 18.5 Å². The Balaban J connectivity index is 1.18. The van der Waals surface area contributed by atoms with Crippen LogP contribution in [0.3, 0.4) is 0 Å². The molecule has 5 aromatic rings. The van der Waals surface area contributed by atoms with Crippen molar-refractivity contribution in [1.29, 1.82) is 0 Å². The predicted molar refractivity (Wildman–Crippen MR) is 201 cm³/mol. The number of hydrogen-bond acceptors (Lipinski definition) is 4. The minimum Gasteiger partial charge on any atom is -0.458 e. The van der Waals surface area contributed by atoms with Crippen molar-refractivity contribution in [3.8, 4) is 45.5 Å². The van der Waals surface area contributed by atoms with Gasteiger partial charge in [0.05, 0.1) is 11.4 Å². The zero-order valence-corrected chi connectivity index (χ0v) is 30.1. The molecule has 3 aromatic carbocycles. The van der Waals surface area contributed by atoms with E-state index in [2.05, 4.69) is 116 Å². The summed E-state index contributed by atoms with van der Waals surface area (Å²) in [4.78, 5) is 10.4. The summed E-state index contributed by atoms with van der Waals surface area (Å²) < 4.78 is 13.4. The SMILES string of the molecule is CC1(C)CCC(C)(C)c2c(-c3cc4c(cn3)B3c5cnc(-c6cccc7c6C(C)(C)CCC7(C)C)cc5Oc5cccc(c53)O4)cccc21. The highest BCUT2D eigenvalue weighted by Crippen LogP contribution is 2.51. The van der Waals surface area contributed by atoms with E-state index in [9.17, 15) is 0 Å². The van der Waals surface area contributed by atoms with Gasteiger partial charge in [-0.25, -0.2) is 0 Å². The Labute approximate surface area is 291 Å². The summed E-state index contributed by atoms with van der Waals surface area (Å²) >= 11 is 0. The van der Waals surface area contributed by atoms with Crippen molar-refractivity contribution in [3.63, 3.8) is 0 Å². The molecule has 2 aliphatic carbocycles. The molecule has 5 heteroatoms. The first-order chi connectivity index (χ1) is 23.3. The molecule has 2 aromatic heterocycles. The second-order valence-corrected chi connectivity index (χ2v) is 17.5. The van der Waals surface area contributed by atoms with Gasteiger partial charge in [-0.05, 0) is 92.7 Å². The Morgan fingerprint density at radius 3 is 1.37 bits per heavy atom. The third-order valence-electron chi connectivity index (χ3n) is 12.4. The van der Waals surface area contributed by atoms with Gasteiger partial charge in [0, 0.05) is 41.1 Å². The van der Waals surface area contributed by atoms with Gasteiger partial charge >= 0.3 is 0 Å². The molecule has 49 heavy (non-hydrogen) atoms. The van der Waals surface area contributed by atoms with Gasteiger partial charge in [0.1, 0.15) is 23.0 Å². The van der Waals surface area contributed by atoms with E-state index >= 15 is 0 Å². The van der Waals surface area contributed by atoms with E-state index in [0.29, 0.717) is 0 Å². The number of ether oxygens (including phenoxy) is 2. The molecule has 0 amide bonds. The lowest BCUT2D eigenvalue weighted by Crippen LogP contribution is -2.57. The van der Waals surface area contributed by atoms with Gasteiger partial charge in [-0.15, -0.1) is 0 Å². The summed E-state index contributed by atoms with van der Waals surface area (Å²) in [6, 6.07) is 24.0. The maximum absolute atomic E-state index is 6.70. The highest BCUT2D eigenvalue weighted by molar-refractivity contribution is 6.98. The van der Waals surface area contributed by atoms with Crippen molar-refractivity contribution >= 4 is 23.1 Å². The Morgan fingerprint density at radius 1 is 0.510 bits per heavy atom. The van der Waals surface area contributed by atoms with E-state index in [0.717, 1.165) is 63.6 Å². The van der Waals surface area contributed by atoms with Crippen LogP contribution < -0.4 is 25.9 Å². The van der Waals surface area contributed by atoms with E-state index < -0.39 is 0 Å². The van der Waals surface area contributed by atoms with E-state index in [-0.39, 0.29) is 28.4 Å². The molecule has 9 rings (SSSR count). The summed E-state index contributed by atoms with van der Waals surface area (Å²) in [7, 11) is 0. The summed E-state index contributed by atoms with van der Waals surface area (Å²) in [5.74, 6) is 3.37. The fourth-order valence-electron chi connectivity index (χ4n) is 9.39. The Morgan fingerprint density at radius 2 is 0.918 bits per heavy atom. The highest BCUT2D eigenvalue weighted by atomic mass is 16.5. The molecule has 0 spiro atoms. The van der Waals surface area contributed by atoms with Crippen LogP contribution in [0.2, 0.25) is 0 Å². The molecule has 2 aliphatic heterocycles. The van der Waals surface area contributed by atoms with E-state index in [4.69, 9.17) is 19.4 Å². The third-order valence-corrected chi connectivity index (χ3v) is 12.4. The molecule has 246 valence electrons. The van der Waals surface area contributed by atoms with Gasteiger partial charge in [0.25, 0.3) is 6.71 Å². The van der Waals surface area contributed by atoms with Crippen LogP contribution in [0.1, 0.15) is 103 Å². The minimum absolute atomic E-state index is 0.0629. The van der Waals surface area contributed by atoms with Gasteiger partial charge in [-0.2, -0.15) is 0 Å². The Bertz CT molecular complexity index is 2060. The topological polar surface area (TPSA) is 44.2 Å². The Hall–Kier alpha value is -4.38. The molecule has 4 nitrogen and oxygen atoms in total. The second-order valence-electron chi connectivity index (χ2n) is 17.5. The maximum Gasteiger partial charge on any atom is 0.264 e. The molecule has 0 atom stereocenters. The number of rotatable bonds is 2. The molecule has 4 aliphatic rings. The summed E-state index contributed by atoms with van der Waals surface area (Å²) in [5.41, 5.74) is 13.6. The molecular formula is C44H45BN2O2. The van der Waals surface area contributed by atoms with Crippen LogP contribution in [0.5, 0.6) is 23.0 Å². The Kier molecular flexibility index (Phi) is 6.32. The van der Waals surface area contributed by atoms with Crippen LogP contribution in [-0.4, -0.2) is 16.7 Å². The van der Waals surface area contributed by atoms with E-state index in [1.54, 1.807) is 0 Å². The van der Waals surface area contributed by atoms with Crippen LogP contribution >= 0.6 is 0 Å². The summed E-state index contributed by atoms with van der Waals surface area (Å²) in [6.45, 7) is 18.9. The molecule has 0 radical (unpaired) electrons. The first-order valence-corrected chi connectivity index (χ1v) is 18.0. The van der Waals surface area contributed by atoms with Crippen molar-refractivity contribution in [3.05, 3.63) is 101 Å². The van der Waals surface area contributed by atoms with Crippen molar-refractivity contribution in [2.75, 3.05) is 0 Å². The average Bonchev–Trinajstić information content (AvgIpc) is 3.08. The molecule has 0 fully saturated rings. The van der Waals surface area contributed by atoms with Crippen molar-refractivity contribution in [2.24, 2.45) is 0 Å². The average molecular weight is 645 g/mol. The minimum atomic E-state index is -0.0816. The van der Waals surface area contributed by atoms with Crippen molar-refractivity contribution in [1.82, 2.24) is 9.97 Å². The zero-order chi connectivity index (χ0) is 34.1. The maximum atomic E-state index is 6.70. The first kappa shape index (κ1) is 30.7. The normalized spacial score (nSPS) is 19.6. The van der Waals surface area contributed by atoms with Crippen LogP contribution in [0.15, 0.2) is 79.1 Å². The number of fused-ring (bicyclic) bond motifs is 6. The van der Waals surface area contributed by atoms with E-state index in [1.165, 1.54) is 46.2 Å². The smallest absolute Gasteiger partial charge is 0.264 e. The molecule has 0 saturated heterocycles. The van der Waals surface area contributed by atoms with Gasteiger partial charge in [0.2, 0.25) is 0 Å². The molecule has 0 N–H and O–H groups in total. The standard InChI is InChI=1S/C44H45BN2O2/c1-41(2)18-20-43(5,6)38-26(12-9-14-28(38)41)32-22-36-30(24-46-32)45-31-25-47-33(23-37(31)49-35-17-11-16-34(48-36)40(35)45)27-13-10-15-29-39(27)44(7,8)21-19-42(29,3)4/h9-17,22-25H,18-21H2,1-8H3. The van der Waals surface area contributed by atoms with Gasteiger partial charge in [0.15, 0.2) is 0 Å². The molecule has 4 heterocycles. The lowest BCUT2D eigenvalue weighted by Gasteiger charge is -2.43. The number of nitrogens with zero attached hydrogens (tertiary/aromatic N) is 2. The van der Waals surface area contributed by atoms with Gasteiger partial charge in [-0.3, -0.25) is 9.97 Å². The largest absolute Gasteiger partial charge is 0.458 e. The lowest BCUT2D eigenvalue weighted by atomic mass is 9.35. The van der Waals surface area contributed by atoms with Crippen LogP contribution in [0.4, 0.5) is 0 Å². The van der Waals surface area contributed by atoms with Crippen LogP contribution in [0, 0.1) is 0 Å².